The molecule has 0 aliphatic carbocycles. The molecule has 8 nitrogen and oxygen atoms in total. The lowest BCUT2D eigenvalue weighted by molar-refractivity contribution is -0.122. The van der Waals surface area contributed by atoms with Crippen molar-refractivity contribution < 1.29 is 18.0 Å². The zero-order valence-electron chi connectivity index (χ0n) is 15.8. The van der Waals surface area contributed by atoms with E-state index in [1.165, 1.54) is 24.3 Å². The number of sulfonamides is 1. The van der Waals surface area contributed by atoms with Gasteiger partial charge in [0, 0.05) is 21.4 Å². The van der Waals surface area contributed by atoms with Crippen LogP contribution in [-0.4, -0.2) is 44.3 Å². The highest BCUT2D eigenvalue weighted by Crippen LogP contribution is 2.24. The SMILES string of the molecule is NS(=O)(=O)c1ccc(NC(=O)CN2CCCC2C(=O)Nc2cc(Cl)cc(Cl)c2)cc1. The standard InChI is InChI=1S/C19H20Cl2N4O4S/c20-12-8-13(21)10-15(9-12)24-19(27)17-2-1-7-25(17)11-18(26)23-14-3-5-16(6-4-14)30(22,28)29/h3-6,8-10,17H,1-2,7,11H2,(H,23,26)(H,24,27)(H2,22,28,29). The fourth-order valence-corrected chi connectivity index (χ4v) is 4.32. The van der Waals surface area contributed by atoms with Gasteiger partial charge in [0.15, 0.2) is 0 Å². The first-order chi connectivity index (χ1) is 14.1. The second kappa shape index (κ2) is 9.32. The highest BCUT2D eigenvalue weighted by molar-refractivity contribution is 7.89. The minimum Gasteiger partial charge on any atom is -0.325 e. The van der Waals surface area contributed by atoms with Crippen molar-refractivity contribution in [1.29, 1.82) is 0 Å². The van der Waals surface area contributed by atoms with Gasteiger partial charge in [0.1, 0.15) is 0 Å². The van der Waals surface area contributed by atoms with Gasteiger partial charge in [-0.2, -0.15) is 0 Å². The molecular formula is C19H20Cl2N4O4S. The molecule has 0 saturated carbocycles. The van der Waals surface area contributed by atoms with Crippen molar-refractivity contribution in [1.82, 2.24) is 4.90 Å². The first-order valence-corrected chi connectivity index (χ1v) is 11.4. The van der Waals surface area contributed by atoms with Crippen LogP contribution in [0, 0.1) is 0 Å². The van der Waals surface area contributed by atoms with Gasteiger partial charge in [-0.1, -0.05) is 23.2 Å². The highest BCUT2D eigenvalue weighted by Gasteiger charge is 2.32. The normalized spacial score (nSPS) is 17.0. The Balaban J connectivity index is 1.60. The molecule has 2 amide bonds. The zero-order valence-corrected chi connectivity index (χ0v) is 18.1. The van der Waals surface area contributed by atoms with Gasteiger partial charge in [-0.3, -0.25) is 14.5 Å². The Labute approximate surface area is 184 Å². The van der Waals surface area contributed by atoms with E-state index in [-0.39, 0.29) is 23.3 Å². The topological polar surface area (TPSA) is 122 Å². The van der Waals surface area contributed by atoms with Crippen molar-refractivity contribution in [2.45, 2.75) is 23.8 Å². The van der Waals surface area contributed by atoms with Gasteiger partial charge in [0.2, 0.25) is 21.8 Å². The molecule has 2 aromatic rings. The van der Waals surface area contributed by atoms with E-state index in [4.69, 9.17) is 28.3 Å². The van der Waals surface area contributed by atoms with Gasteiger partial charge >= 0.3 is 0 Å². The molecule has 0 spiro atoms. The first-order valence-electron chi connectivity index (χ1n) is 9.05. The van der Waals surface area contributed by atoms with Crippen LogP contribution >= 0.6 is 23.2 Å². The molecule has 1 heterocycles. The Morgan fingerprint density at radius 3 is 2.27 bits per heavy atom. The number of nitrogens with zero attached hydrogens (tertiary/aromatic N) is 1. The second-order valence-corrected chi connectivity index (χ2v) is 9.33. The van der Waals surface area contributed by atoms with Crippen molar-refractivity contribution in [3.05, 3.63) is 52.5 Å². The lowest BCUT2D eigenvalue weighted by Crippen LogP contribution is -2.43. The van der Waals surface area contributed by atoms with Crippen molar-refractivity contribution >= 4 is 56.4 Å². The second-order valence-electron chi connectivity index (χ2n) is 6.89. The van der Waals surface area contributed by atoms with Gasteiger partial charge in [-0.25, -0.2) is 13.6 Å². The smallest absolute Gasteiger partial charge is 0.241 e. The summed E-state index contributed by atoms with van der Waals surface area (Å²) in [4.78, 5) is 26.8. The molecule has 0 radical (unpaired) electrons. The van der Waals surface area contributed by atoms with Crippen LogP contribution in [0.1, 0.15) is 12.8 Å². The third-order valence-corrected chi connectivity index (χ3v) is 5.98. The summed E-state index contributed by atoms with van der Waals surface area (Å²) < 4.78 is 22.6. The van der Waals surface area contributed by atoms with Crippen molar-refractivity contribution in [3.8, 4) is 0 Å². The van der Waals surface area contributed by atoms with Gasteiger partial charge in [-0.15, -0.1) is 0 Å². The fraction of sp³-hybridized carbons (Fsp3) is 0.263. The fourth-order valence-electron chi connectivity index (χ4n) is 3.28. The minimum atomic E-state index is -3.80. The van der Waals surface area contributed by atoms with Crippen LogP contribution in [0.25, 0.3) is 0 Å². The summed E-state index contributed by atoms with van der Waals surface area (Å²) in [6.45, 7) is 0.623. The Hall–Kier alpha value is -2.17. The van der Waals surface area contributed by atoms with E-state index < -0.39 is 16.1 Å². The molecule has 11 heteroatoms. The van der Waals surface area contributed by atoms with E-state index in [9.17, 15) is 18.0 Å². The molecule has 1 unspecified atom stereocenters. The number of hydrogen-bond donors (Lipinski definition) is 3. The maximum absolute atomic E-state index is 12.7. The predicted molar refractivity (Wildman–Crippen MR) is 116 cm³/mol. The molecule has 0 aromatic heterocycles. The number of halogens is 2. The molecule has 160 valence electrons. The third-order valence-electron chi connectivity index (χ3n) is 4.61. The molecule has 3 rings (SSSR count). The van der Waals surface area contributed by atoms with Crippen molar-refractivity contribution in [3.63, 3.8) is 0 Å². The number of rotatable bonds is 6. The van der Waals surface area contributed by atoms with E-state index in [0.717, 1.165) is 6.42 Å². The van der Waals surface area contributed by atoms with Crippen LogP contribution in [0.4, 0.5) is 11.4 Å². The highest BCUT2D eigenvalue weighted by atomic mass is 35.5. The number of primary sulfonamides is 1. The van der Waals surface area contributed by atoms with Crippen molar-refractivity contribution in [2.75, 3.05) is 23.7 Å². The largest absolute Gasteiger partial charge is 0.325 e. The van der Waals surface area contributed by atoms with Gasteiger partial charge in [-0.05, 0) is 61.9 Å². The van der Waals surface area contributed by atoms with E-state index in [0.29, 0.717) is 34.4 Å². The summed E-state index contributed by atoms with van der Waals surface area (Å²) in [5.41, 5.74) is 0.921. The summed E-state index contributed by atoms with van der Waals surface area (Å²) in [5.74, 6) is -0.556. The van der Waals surface area contributed by atoms with Crippen LogP contribution in [0.5, 0.6) is 0 Å². The van der Waals surface area contributed by atoms with Gasteiger partial charge in [0.25, 0.3) is 0 Å². The molecule has 1 fully saturated rings. The number of benzene rings is 2. The van der Waals surface area contributed by atoms with Crippen LogP contribution in [0.3, 0.4) is 0 Å². The molecule has 0 bridgehead atoms. The lowest BCUT2D eigenvalue weighted by Gasteiger charge is -2.23. The maximum atomic E-state index is 12.7. The average molecular weight is 471 g/mol. The molecule has 2 aromatic carbocycles. The third kappa shape index (κ3) is 5.93. The summed E-state index contributed by atoms with van der Waals surface area (Å²) >= 11 is 11.9. The Morgan fingerprint density at radius 1 is 1.03 bits per heavy atom. The summed E-state index contributed by atoms with van der Waals surface area (Å²) in [6, 6.07) is 9.84. The molecule has 30 heavy (non-hydrogen) atoms. The number of carbonyl (C=O) groups excluding carboxylic acids is 2. The number of nitrogens with one attached hydrogen (secondary N) is 2. The van der Waals surface area contributed by atoms with E-state index in [1.54, 1.807) is 23.1 Å². The monoisotopic (exact) mass is 470 g/mol. The molecule has 1 aliphatic heterocycles. The first kappa shape index (κ1) is 22.5. The number of amides is 2. The van der Waals surface area contributed by atoms with E-state index >= 15 is 0 Å². The van der Waals surface area contributed by atoms with Crippen LogP contribution in [0.2, 0.25) is 10.0 Å². The average Bonchev–Trinajstić information content (AvgIpc) is 3.08. The number of likely N-dealkylation sites (tertiary alicyclic amines) is 1. The molecule has 1 aliphatic rings. The number of nitrogens with two attached hydrogens (primary N) is 1. The van der Waals surface area contributed by atoms with E-state index in [2.05, 4.69) is 10.6 Å². The van der Waals surface area contributed by atoms with Crippen LogP contribution in [-0.2, 0) is 19.6 Å². The number of carbonyl (C=O) groups is 2. The molecular weight excluding hydrogens is 451 g/mol. The Morgan fingerprint density at radius 2 is 1.67 bits per heavy atom. The van der Waals surface area contributed by atoms with Gasteiger partial charge in [0.05, 0.1) is 17.5 Å². The summed E-state index contributed by atoms with van der Waals surface area (Å²) in [7, 11) is -3.80. The lowest BCUT2D eigenvalue weighted by atomic mass is 10.2. The van der Waals surface area contributed by atoms with Crippen LogP contribution in [0.15, 0.2) is 47.4 Å². The Bertz CT molecular complexity index is 1040. The van der Waals surface area contributed by atoms with Gasteiger partial charge < -0.3 is 10.6 Å². The predicted octanol–water partition coefficient (Wildman–Crippen LogP) is 2.68. The van der Waals surface area contributed by atoms with Crippen LogP contribution < -0.4 is 15.8 Å². The summed E-state index contributed by atoms with van der Waals surface area (Å²) in [5, 5.41) is 11.4. The quantitative estimate of drug-likeness (QED) is 0.598. The molecule has 4 N–H and O–H groups in total. The zero-order chi connectivity index (χ0) is 21.9. The minimum absolute atomic E-state index is 0.0192. The Kier molecular flexibility index (Phi) is 6.99. The van der Waals surface area contributed by atoms with E-state index in [1.807, 2.05) is 0 Å². The van der Waals surface area contributed by atoms with Crippen molar-refractivity contribution in [2.24, 2.45) is 5.14 Å². The molecule has 1 saturated heterocycles. The summed E-state index contributed by atoms with van der Waals surface area (Å²) in [6.07, 6.45) is 1.40. The maximum Gasteiger partial charge on any atom is 0.241 e. The molecule has 1 atom stereocenters. The number of anilines is 2. The number of hydrogen-bond acceptors (Lipinski definition) is 5.